The molecule has 0 saturated carbocycles. The third-order valence-corrected chi connectivity index (χ3v) is 5.44. The van der Waals surface area contributed by atoms with Crippen molar-refractivity contribution in [2.24, 2.45) is 0 Å². The number of halogens is 1. The van der Waals surface area contributed by atoms with Crippen LogP contribution in [-0.4, -0.2) is 42.0 Å². The Labute approximate surface area is 111 Å². The quantitative estimate of drug-likeness (QED) is 0.849. The molecule has 100 valence electrons. The van der Waals surface area contributed by atoms with Crippen LogP contribution in [0.5, 0.6) is 0 Å². The van der Waals surface area contributed by atoms with E-state index >= 15 is 0 Å². The maximum absolute atomic E-state index is 12.4. The van der Waals surface area contributed by atoms with Gasteiger partial charge in [-0.2, -0.15) is 4.31 Å². The maximum atomic E-state index is 12.4. The van der Waals surface area contributed by atoms with E-state index in [-0.39, 0.29) is 17.5 Å². The normalized spacial score (nSPS) is 21.4. The van der Waals surface area contributed by atoms with Gasteiger partial charge in [-0.1, -0.05) is 11.6 Å². The van der Waals surface area contributed by atoms with Gasteiger partial charge in [0.1, 0.15) is 10.0 Å². The van der Waals surface area contributed by atoms with E-state index in [1.165, 1.54) is 16.6 Å². The van der Waals surface area contributed by atoms with E-state index < -0.39 is 10.0 Å². The molecule has 1 aromatic rings. The Hall–Kier alpha value is -0.690. The first-order valence-corrected chi connectivity index (χ1v) is 7.53. The molecule has 1 fully saturated rings. The highest BCUT2D eigenvalue weighted by molar-refractivity contribution is 7.89. The zero-order chi connectivity index (χ0) is 13.3. The molecule has 1 saturated heterocycles. The summed E-state index contributed by atoms with van der Waals surface area (Å²) in [6, 6.07) is 1.18. The van der Waals surface area contributed by atoms with E-state index in [0.29, 0.717) is 23.7 Å². The van der Waals surface area contributed by atoms with Crippen LogP contribution in [-0.2, 0) is 10.0 Å². The molecule has 1 aliphatic rings. The highest BCUT2D eigenvalue weighted by Gasteiger charge is 2.35. The molecule has 0 unspecified atom stereocenters. The molecule has 1 atom stereocenters. The number of sulfonamides is 1. The molecule has 5 nitrogen and oxygen atoms in total. The van der Waals surface area contributed by atoms with Crippen molar-refractivity contribution < 1.29 is 13.5 Å². The molecule has 1 aliphatic heterocycles. The van der Waals surface area contributed by atoms with Crippen LogP contribution in [0.3, 0.4) is 0 Å². The highest BCUT2D eigenvalue weighted by atomic mass is 35.5. The fourth-order valence-corrected chi connectivity index (χ4v) is 3.94. The van der Waals surface area contributed by atoms with Crippen LogP contribution in [0.2, 0.25) is 5.15 Å². The lowest BCUT2D eigenvalue weighted by Gasteiger charge is -2.22. The maximum Gasteiger partial charge on any atom is 0.244 e. The summed E-state index contributed by atoms with van der Waals surface area (Å²) in [6.07, 6.45) is 2.72. The number of aliphatic hydroxyl groups excluding tert-OH is 1. The number of pyridine rings is 1. The first kappa shape index (κ1) is 13.7. The lowest BCUT2D eigenvalue weighted by molar-refractivity contribution is 0.213. The molecule has 0 amide bonds. The zero-order valence-electron chi connectivity index (χ0n) is 10.0. The Balaban J connectivity index is 2.38. The summed E-state index contributed by atoms with van der Waals surface area (Å²) in [4.78, 5) is 3.99. The first-order valence-electron chi connectivity index (χ1n) is 5.71. The van der Waals surface area contributed by atoms with Crippen LogP contribution in [0.15, 0.2) is 17.2 Å². The van der Waals surface area contributed by atoms with Crippen LogP contribution in [0.25, 0.3) is 0 Å². The van der Waals surface area contributed by atoms with Gasteiger partial charge in [0.15, 0.2) is 0 Å². The summed E-state index contributed by atoms with van der Waals surface area (Å²) in [5.74, 6) is 0. The van der Waals surface area contributed by atoms with Crippen molar-refractivity contribution in [2.45, 2.75) is 30.7 Å². The summed E-state index contributed by atoms with van der Waals surface area (Å²) in [6.45, 7) is 2.00. The molecule has 0 bridgehead atoms. The Morgan fingerprint density at radius 1 is 1.61 bits per heavy atom. The summed E-state index contributed by atoms with van der Waals surface area (Å²) in [5.41, 5.74) is 0.623. The van der Waals surface area contributed by atoms with Crippen molar-refractivity contribution in [3.63, 3.8) is 0 Å². The van der Waals surface area contributed by atoms with Crippen LogP contribution in [0.4, 0.5) is 0 Å². The topological polar surface area (TPSA) is 70.5 Å². The molecule has 0 radical (unpaired) electrons. The molecule has 2 rings (SSSR count). The second kappa shape index (κ2) is 5.13. The zero-order valence-corrected chi connectivity index (χ0v) is 11.6. The third kappa shape index (κ3) is 2.38. The smallest absolute Gasteiger partial charge is 0.244 e. The fourth-order valence-electron chi connectivity index (χ4n) is 2.12. The molecule has 1 N–H and O–H groups in total. The van der Waals surface area contributed by atoms with Gasteiger partial charge in [0.25, 0.3) is 0 Å². The minimum absolute atomic E-state index is 0.129. The number of hydrogen-bond acceptors (Lipinski definition) is 4. The average molecular weight is 291 g/mol. The Morgan fingerprint density at radius 3 is 2.94 bits per heavy atom. The SMILES string of the molecule is Cc1cc(S(=O)(=O)N2CCC[C@@H]2CO)cnc1Cl. The van der Waals surface area contributed by atoms with Crippen molar-refractivity contribution >= 4 is 21.6 Å². The van der Waals surface area contributed by atoms with E-state index in [1.807, 2.05) is 0 Å². The fraction of sp³-hybridized carbons (Fsp3) is 0.545. The van der Waals surface area contributed by atoms with E-state index in [4.69, 9.17) is 11.6 Å². The largest absolute Gasteiger partial charge is 0.395 e. The predicted molar refractivity (Wildman–Crippen MR) is 68.0 cm³/mol. The second-order valence-electron chi connectivity index (χ2n) is 4.37. The monoisotopic (exact) mass is 290 g/mol. The standard InChI is InChI=1S/C11H15ClN2O3S/c1-8-5-10(6-13-11(8)12)18(16,17)14-4-2-3-9(14)7-15/h5-6,9,15H,2-4,7H2,1H3/t9-/m1/s1. The average Bonchev–Trinajstić information content (AvgIpc) is 2.81. The Morgan fingerprint density at radius 2 is 2.33 bits per heavy atom. The summed E-state index contributed by atoms with van der Waals surface area (Å²) in [5, 5.41) is 9.50. The van der Waals surface area contributed by atoms with Crippen molar-refractivity contribution in [3.8, 4) is 0 Å². The van der Waals surface area contributed by atoms with E-state index in [2.05, 4.69) is 4.98 Å². The Bertz CT molecular complexity index is 547. The second-order valence-corrected chi connectivity index (χ2v) is 6.62. The van der Waals surface area contributed by atoms with Gasteiger partial charge < -0.3 is 5.11 Å². The van der Waals surface area contributed by atoms with Gasteiger partial charge in [0.2, 0.25) is 10.0 Å². The van der Waals surface area contributed by atoms with Gasteiger partial charge in [0.05, 0.1) is 6.61 Å². The minimum Gasteiger partial charge on any atom is -0.395 e. The van der Waals surface area contributed by atoms with Gasteiger partial charge in [-0.05, 0) is 31.4 Å². The van der Waals surface area contributed by atoms with Crippen LogP contribution in [0.1, 0.15) is 18.4 Å². The van der Waals surface area contributed by atoms with Crippen LogP contribution in [0, 0.1) is 6.92 Å². The van der Waals surface area contributed by atoms with Crippen molar-refractivity contribution in [2.75, 3.05) is 13.2 Å². The predicted octanol–water partition coefficient (Wildman–Crippen LogP) is 1.19. The number of hydrogen-bond donors (Lipinski definition) is 1. The first-order chi connectivity index (χ1) is 8.46. The number of rotatable bonds is 3. The third-order valence-electron chi connectivity index (χ3n) is 3.13. The molecule has 0 aliphatic carbocycles. The number of aryl methyl sites for hydroxylation is 1. The summed E-state index contributed by atoms with van der Waals surface area (Å²) in [7, 11) is -3.59. The highest BCUT2D eigenvalue weighted by Crippen LogP contribution is 2.26. The van der Waals surface area contributed by atoms with Gasteiger partial charge in [-0.25, -0.2) is 13.4 Å². The molecule has 2 heterocycles. The molecule has 7 heteroatoms. The molecule has 0 aromatic carbocycles. The number of nitrogens with zero attached hydrogens (tertiary/aromatic N) is 2. The molecular weight excluding hydrogens is 276 g/mol. The molecular formula is C11H15ClN2O3S. The van der Waals surface area contributed by atoms with Crippen LogP contribution >= 0.6 is 11.6 Å². The summed E-state index contributed by atoms with van der Waals surface area (Å²) >= 11 is 5.79. The number of aromatic nitrogens is 1. The van der Waals surface area contributed by atoms with Crippen molar-refractivity contribution in [1.82, 2.24) is 9.29 Å². The lowest BCUT2D eigenvalue weighted by atomic mass is 10.2. The van der Waals surface area contributed by atoms with E-state index in [0.717, 1.165) is 6.42 Å². The molecule has 1 aromatic heterocycles. The molecule has 0 spiro atoms. The van der Waals surface area contributed by atoms with Gasteiger partial charge in [-0.3, -0.25) is 0 Å². The molecule has 18 heavy (non-hydrogen) atoms. The van der Waals surface area contributed by atoms with Crippen molar-refractivity contribution in [3.05, 3.63) is 23.0 Å². The van der Waals surface area contributed by atoms with Gasteiger partial charge >= 0.3 is 0 Å². The van der Waals surface area contributed by atoms with Crippen molar-refractivity contribution in [1.29, 1.82) is 0 Å². The lowest BCUT2D eigenvalue weighted by Crippen LogP contribution is -2.37. The number of aliphatic hydroxyl groups is 1. The minimum atomic E-state index is -3.59. The Kier molecular flexibility index (Phi) is 3.91. The summed E-state index contributed by atoms with van der Waals surface area (Å²) < 4.78 is 26.1. The van der Waals surface area contributed by atoms with E-state index in [1.54, 1.807) is 6.92 Å². The van der Waals surface area contributed by atoms with Crippen LogP contribution < -0.4 is 0 Å². The van der Waals surface area contributed by atoms with E-state index in [9.17, 15) is 13.5 Å². The van der Waals surface area contributed by atoms with Gasteiger partial charge in [0, 0.05) is 18.8 Å². The van der Waals surface area contributed by atoms with Gasteiger partial charge in [-0.15, -0.1) is 0 Å².